The van der Waals surface area contributed by atoms with Crippen LogP contribution in [-0.4, -0.2) is 14.9 Å². The van der Waals surface area contributed by atoms with Gasteiger partial charge < -0.3 is 10.6 Å². The molecular formula is C20H24N4OS. The molecule has 0 atom stereocenters. The average Bonchev–Trinajstić information content (AvgIpc) is 2.98. The van der Waals surface area contributed by atoms with Crippen molar-refractivity contribution in [1.29, 1.82) is 0 Å². The maximum absolute atomic E-state index is 6.12. The van der Waals surface area contributed by atoms with E-state index in [2.05, 4.69) is 67.4 Å². The molecule has 136 valence electrons. The van der Waals surface area contributed by atoms with Gasteiger partial charge in [0.05, 0.1) is 0 Å². The van der Waals surface area contributed by atoms with Crippen molar-refractivity contribution in [3.8, 4) is 5.75 Å². The predicted octanol–water partition coefficient (Wildman–Crippen LogP) is 4.30. The van der Waals surface area contributed by atoms with Crippen LogP contribution in [-0.2, 0) is 12.4 Å². The molecule has 0 fully saturated rings. The number of nitrogens with two attached hydrogens (primary N) is 1. The van der Waals surface area contributed by atoms with E-state index in [1.165, 1.54) is 21.4 Å². The molecule has 0 unspecified atom stereocenters. The van der Waals surface area contributed by atoms with Crippen molar-refractivity contribution in [3.63, 3.8) is 0 Å². The Balaban J connectivity index is 1.58. The van der Waals surface area contributed by atoms with Gasteiger partial charge in [0.15, 0.2) is 5.82 Å². The molecule has 0 aliphatic heterocycles. The van der Waals surface area contributed by atoms with Crippen LogP contribution < -0.4 is 10.6 Å². The fraction of sp³-hybridized carbons (Fsp3) is 0.300. The molecule has 0 amide bonds. The monoisotopic (exact) mass is 368 g/mol. The number of thioether (sulfide) groups is 1. The topological polar surface area (TPSA) is 66.0 Å². The van der Waals surface area contributed by atoms with E-state index >= 15 is 0 Å². The van der Waals surface area contributed by atoms with Gasteiger partial charge in [0, 0.05) is 5.75 Å². The van der Waals surface area contributed by atoms with Crippen LogP contribution in [0.5, 0.6) is 5.75 Å². The summed E-state index contributed by atoms with van der Waals surface area (Å²) in [6.07, 6.45) is 0. The third kappa shape index (κ3) is 4.58. The van der Waals surface area contributed by atoms with Gasteiger partial charge in [0.25, 0.3) is 0 Å². The van der Waals surface area contributed by atoms with Crippen LogP contribution >= 0.6 is 11.8 Å². The number of nitrogen functional groups attached to an aromatic ring is 1. The van der Waals surface area contributed by atoms with Crippen molar-refractivity contribution in [2.75, 3.05) is 5.84 Å². The number of rotatable bonds is 7. The number of nitrogens with zero attached hydrogens (tertiary/aromatic N) is 3. The van der Waals surface area contributed by atoms with Crippen molar-refractivity contribution < 1.29 is 4.74 Å². The van der Waals surface area contributed by atoms with Gasteiger partial charge in [-0.2, -0.15) is 0 Å². The molecule has 0 spiro atoms. The van der Waals surface area contributed by atoms with Gasteiger partial charge in [0.2, 0.25) is 5.16 Å². The predicted molar refractivity (Wildman–Crippen MR) is 106 cm³/mol. The Morgan fingerprint density at radius 1 is 1.12 bits per heavy atom. The molecule has 6 heteroatoms. The quantitative estimate of drug-likeness (QED) is 0.498. The molecular weight excluding hydrogens is 344 g/mol. The molecule has 0 saturated carbocycles. The van der Waals surface area contributed by atoms with Crippen molar-refractivity contribution in [3.05, 3.63) is 71.0 Å². The lowest BCUT2D eigenvalue weighted by molar-refractivity contribution is 0.291. The SMILES string of the molecule is Cc1cccc(CSc2nnc(COc3ccc(C(C)C)cc3)n2N)c1. The molecule has 2 N–H and O–H groups in total. The minimum atomic E-state index is 0.287. The zero-order valence-corrected chi connectivity index (χ0v) is 16.2. The van der Waals surface area contributed by atoms with Gasteiger partial charge in [-0.15, -0.1) is 10.2 Å². The highest BCUT2D eigenvalue weighted by molar-refractivity contribution is 7.98. The highest BCUT2D eigenvalue weighted by Gasteiger charge is 2.11. The van der Waals surface area contributed by atoms with Crippen molar-refractivity contribution in [1.82, 2.24) is 14.9 Å². The zero-order valence-electron chi connectivity index (χ0n) is 15.3. The molecule has 3 aromatic rings. The van der Waals surface area contributed by atoms with E-state index in [1.807, 2.05) is 12.1 Å². The highest BCUT2D eigenvalue weighted by Crippen LogP contribution is 2.22. The first-order chi connectivity index (χ1) is 12.5. The normalized spacial score (nSPS) is 11.1. The van der Waals surface area contributed by atoms with E-state index in [9.17, 15) is 0 Å². The molecule has 26 heavy (non-hydrogen) atoms. The van der Waals surface area contributed by atoms with Gasteiger partial charge in [-0.25, -0.2) is 4.68 Å². The maximum atomic E-state index is 6.12. The third-order valence-corrected chi connectivity index (χ3v) is 5.11. The number of benzene rings is 2. The lowest BCUT2D eigenvalue weighted by atomic mass is 10.0. The lowest BCUT2D eigenvalue weighted by Gasteiger charge is -2.09. The number of aryl methyl sites for hydroxylation is 1. The Kier molecular flexibility index (Phi) is 5.83. The van der Waals surface area contributed by atoms with Gasteiger partial charge >= 0.3 is 0 Å². The number of hydrogen-bond donors (Lipinski definition) is 1. The van der Waals surface area contributed by atoms with E-state index in [1.54, 1.807) is 11.8 Å². The Hall–Kier alpha value is -2.47. The van der Waals surface area contributed by atoms with Gasteiger partial charge in [0.1, 0.15) is 12.4 Å². The summed E-state index contributed by atoms with van der Waals surface area (Å²) in [4.78, 5) is 0. The zero-order chi connectivity index (χ0) is 18.5. The van der Waals surface area contributed by atoms with Crippen LogP contribution in [0.25, 0.3) is 0 Å². The molecule has 5 nitrogen and oxygen atoms in total. The van der Waals surface area contributed by atoms with Crippen molar-refractivity contribution >= 4 is 11.8 Å². The molecule has 1 heterocycles. The molecule has 3 rings (SSSR count). The van der Waals surface area contributed by atoms with Gasteiger partial charge in [-0.3, -0.25) is 0 Å². The highest BCUT2D eigenvalue weighted by atomic mass is 32.2. The number of hydrogen-bond acceptors (Lipinski definition) is 5. The van der Waals surface area contributed by atoms with Crippen LogP contribution in [0.4, 0.5) is 0 Å². The molecule has 0 aliphatic rings. The molecule has 2 aromatic carbocycles. The second-order valence-electron chi connectivity index (χ2n) is 6.56. The standard InChI is InChI=1S/C20H24N4OS/c1-14(2)17-7-9-18(10-8-17)25-12-19-22-23-20(24(19)21)26-13-16-6-4-5-15(3)11-16/h4-11,14H,12-13,21H2,1-3H3. The van der Waals surface area contributed by atoms with Crippen molar-refractivity contribution in [2.24, 2.45) is 0 Å². The van der Waals surface area contributed by atoms with E-state index in [-0.39, 0.29) is 6.61 Å². The fourth-order valence-corrected chi connectivity index (χ4v) is 3.37. The Labute approximate surface area is 158 Å². The minimum absolute atomic E-state index is 0.287. The fourth-order valence-electron chi connectivity index (χ4n) is 2.55. The minimum Gasteiger partial charge on any atom is -0.486 e. The summed E-state index contributed by atoms with van der Waals surface area (Å²) in [7, 11) is 0. The number of aromatic nitrogens is 3. The largest absolute Gasteiger partial charge is 0.486 e. The second-order valence-corrected chi connectivity index (χ2v) is 7.50. The first-order valence-electron chi connectivity index (χ1n) is 8.63. The van der Waals surface area contributed by atoms with E-state index in [0.29, 0.717) is 16.9 Å². The van der Waals surface area contributed by atoms with Crippen LogP contribution in [0.15, 0.2) is 53.7 Å². The second kappa shape index (κ2) is 8.27. The molecule has 0 bridgehead atoms. The van der Waals surface area contributed by atoms with Crippen LogP contribution in [0.2, 0.25) is 0 Å². The Morgan fingerprint density at radius 2 is 1.88 bits per heavy atom. The molecule has 0 saturated heterocycles. The lowest BCUT2D eigenvalue weighted by Crippen LogP contribution is -2.15. The Morgan fingerprint density at radius 3 is 2.58 bits per heavy atom. The van der Waals surface area contributed by atoms with E-state index in [0.717, 1.165) is 11.5 Å². The summed E-state index contributed by atoms with van der Waals surface area (Å²) < 4.78 is 7.29. The third-order valence-electron chi connectivity index (χ3n) is 4.10. The summed E-state index contributed by atoms with van der Waals surface area (Å²) in [6, 6.07) is 16.5. The van der Waals surface area contributed by atoms with Crippen LogP contribution in [0.1, 0.15) is 42.3 Å². The summed E-state index contributed by atoms with van der Waals surface area (Å²) in [5, 5.41) is 9.00. The van der Waals surface area contributed by atoms with E-state index < -0.39 is 0 Å². The molecule has 0 radical (unpaired) electrons. The maximum Gasteiger partial charge on any atom is 0.210 e. The van der Waals surface area contributed by atoms with Gasteiger partial charge in [-0.1, -0.05) is 67.6 Å². The Bertz CT molecular complexity index is 859. The number of ether oxygens (including phenoxy) is 1. The van der Waals surface area contributed by atoms with Crippen molar-refractivity contribution in [2.45, 2.75) is 44.2 Å². The summed E-state index contributed by atoms with van der Waals surface area (Å²) in [6.45, 7) is 6.71. The first kappa shape index (κ1) is 18.3. The van der Waals surface area contributed by atoms with E-state index in [4.69, 9.17) is 10.6 Å². The van der Waals surface area contributed by atoms with Crippen LogP contribution in [0.3, 0.4) is 0 Å². The smallest absolute Gasteiger partial charge is 0.210 e. The molecule has 0 aliphatic carbocycles. The molecule has 1 aromatic heterocycles. The van der Waals surface area contributed by atoms with Crippen LogP contribution in [0, 0.1) is 6.92 Å². The summed E-state index contributed by atoms with van der Waals surface area (Å²) >= 11 is 1.57. The summed E-state index contributed by atoms with van der Waals surface area (Å²) in [5.74, 6) is 8.82. The summed E-state index contributed by atoms with van der Waals surface area (Å²) in [5.41, 5.74) is 3.77. The van der Waals surface area contributed by atoms with Gasteiger partial charge in [-0.05, 0) is 36.1 Å². The average molecular weight is 369 g/mol. The first-order valence-corrected chi connectivity index (χ1v) is 9.62.